The quantitative estimate of drug-likeness (QED) is 0.387. The van der Waals surface area contributed by atoms with E-state index in [-0.39, 0.29) is 18.0 Å². The van der Waals surface area contributed by atoms with Gasteiger partial charge in [0.15, 0.2) is 12.3 Å². The van der Waals surface area contributed by atoms with E-state index in [1.54, 1.807) is 37.5 Å². The van der Waals surface area contributed by atoms with Gasteiger partial charge in [-0.3, -0.25) is 4.79 Å². The van der Waals surface area contributed by atoms with Crippen molar-refractivity contribution in [3.63, 3.8) is 0 Å². The molecule has 0 atom stereocenters. The van der Waals surface area contributed by atoms with Crippen molar-refractivity contribution in [2.75, 3.05) is 6.61 Å². The highest BCUT2D eigenvalue weighted by atomic mass is 16.5. The average Bonchev–Trinajstić information content (AvgIpc) is 3.10. The van der Waals surface area contributed by atoms with Crippen molar-refractivity contribution < 1.29 is 14.3 Å². The Morgan fingerprint density at radius 1 is 1.31 bits per heavy atom. The number of carbonyl (C=O) groups excluding carboxylic acids is 2. The van der Waals surface area contributed by atoms with Crippen LogP contribution in [0.4, 0.5) is 0 Å². The Balaban J connectivity index is 1.77. The van der Waals surface area contributed by atoms with E-state index in [1.165, 1.54) is 4.52 Å². The Bertz CT molecular complexity index is 1010. The number of ketones is 1. The maximum absolute atomic E-state index is 12.5. The zero-order valence-corrected chi connectivity index (χ0v) is 15.0. The first kappa shape index (κ1) is 17.6. The molecule has 0 aliphatic carbocycles. The van der Waals surface area contributed by atoms with E-state index in [9.17, 15) is 9.59 Å². The van der Waals surface area contributed by atoms with Crippen LogP contribution in [0.5, 0.6) is 0 Å². The summed E-state index contributed by atoms with van der Waals surface area (Å²) in [5.41, 5.74) is 3.52. The molecule has 0 amide bonds. The highest BCUT2D eigenvalue weighted by Crippen LogP contribution is 2.17. The maximum atomic E-state index is 12.5. The Kier molecular flexibility index (Phi) is 4.71. The predicted molar refractivity (Wildman–Crippen MR) is 96.4 cm³/mol. The predicted octanol–water partition coefficient (Wildman–Crippen LogP) is 2.68. The second kappa shape index (κ2) is 6.95. The molecule has 0 aliphatic rings. The number of aryl methyl sites for hydroxylation is 2. The number of hydrogen-bond acceptors (Lipinski definition) is 5. The van der Waals surface area contributed by atoms with Gasteiger partial charge in [-0.15, -0.1) is 6.58 Å². The van der Waals surface area contributed by atoms with E-state index < -0.39 is 5.97 Å². The topological polar surface area (TPSA) is 78.5 Å². The summed E-state index contributed by atoms with van der Waals surface area (Å²) in [6.07, 6.45) is 5.05. The van der Waals surface area contributed by atoms with Crippen LogP contribution in [0.1, 0.15) is 37.8 Å². The molecule has 0 aliphatic heterocycles. The van der Waals surface area contributed by atoms with Crippen molar-refractivity contribution in [1.29, 1.82) is 0 Å². The van der Waals surface area contributed by atoms with Crippen LogP contribution in [0.15, 0.2) is 37.2 Å². The highest BCUT2D eigenvalue weighted by Gasteiger charge is 2.22. The molecule has 0 aromatic carbocycles. The molecule has 134 valence electrons. The number of Topliss-reactive ketones (excluding diaryl/α,β-unsaturated/α-hetero) is 1. The minimum atomic E-state index is -0.607. The standard InChI is InChI=1S/C19H20N4O3/c1-5-8-22-12(2)10-15(14(22)4)16(24)11-26-19(25)17-13(3)21-23-9-6-7-20-18(17)23/h5-7,9-10H,1,8,11H2,2-4H3. The van der Waals surface area contributed by atoms with Crippen LogP contribution in [-0.2, 0) is 11.3 Å². The summed E-state index contributed by atoms with van der Waals surface area (Å²) in [6, 6.07) is 3.52. The summed E-state index contributed by atoms with van der Waals surface area (Å²) >= 11 is 0. The summed E-state index contributed by atoms with van der Waals surface area (Å²) in [7, 11) is 0. The molecule has 3 heterocycles. The summed E-state index contributed by atoms with van der Waals surface area (Å²) < 4.78 is 8.74. The zero-order valence-electron chi connectivity index (χ0n) is 15.0. The number of rotatable bonds is 6. The number of carbonyl (C=O) groups is 2. The van der Waals surface area contributed by atoms with Gasteiger partial charge in [-0.05, 0) is 32.9 Å². The molecule has 0 spiro atoms. The summed E-state index contributed by atoms with van der Waals surface area (Å²) in [5, 5.41) is 4.22. The largest absolute Gasteiger partial charge is 0.454 e. The first-order valence-electron chi connectivity index (χ1n) is 8.22. The molecule has 0 unspecified atom stereocenters. The van der Waals surface area contributed by atoms with Crippen molar-refractivity contribution in [1.82, 2.24) is 19.2 Å². The van der Waals surface area contributed by atoms with Gasteiger partial charge in [0.2, 0.25) is 5.78 Å². The first-order valence-corrected chi connectivity index (χ1v) is 8.22. The van der Waals surface area contributed by atoms with Gasteiger partial charge in [0, 0.05) is 35.9 Å². The summed E-state index contributed by atoms with van der Waals surface area (Å²) in [4.78, 5) is 29.1. The van der Waals surface area contributed by atoms with Crippen molar-refractivity contribution in [3.05, 3.63) is 65.4 Å². The molecule has 3 aromatic rings. The maximum Gasteiger partial charge on any atom is 0.344 e. The number of hydrogen-bond donors (Lipinski definition) is 0. The number of allylic oxidation sites excluding steroid dienone is 1. The Hall–Kier alpha value is -3.22. The number of aromatic nitrogens is 4. The third-order valence-corrected chi connectivity index (χ3v) is 4.29. The van der Waals surface area contributed by atoms with Crippen LogP contribution in [0.25, 0.3) is 5.65 Å². The lowest BCUT2D eigenvalue weighted by Crippen LogP contribution is -2.15. The number of ether oxygens (including phenoxy) is 1. The fourth-order valence-electron chi connectivity index (χ4n) is 3.01. The molecule has 0 saturated heterocycles. The van der Waals surface area contributed by atoms with Gasteiger partial charge >= 0.3 is 5.97 Å². The molecular formula is C19H20N4O3. The first-order chi connectivity index (χ1) is 12.4. The van der Waals surface area contributed by atoms with Crippen LogP contribution in [-0.4, -0.2) is 37.5 Å². The second-order valence-electron chi connectivity index (χ2n) is 6.03. The Labute approximate surface area is 150 Å². The van der Waals surface area contributed by atoms with Gasteiger partial charge in [-0.2, -0.15) is 5.10 Å². The lowest BCUT2D eigenvalue weighted by Gasteiger charge is -2.07. The normalized spacial score (nSPS) is 10.9. The molecule has 3 rings (SSSR count). The molecule has 0 saturated carbocycles. The lowest BCUT2D eigenvalue weighted by atomic mass is 10.1. The third-order valence-electron chi connectivity index (χ3n) is 4.29. The summed E-state index contributed by atoms with van der Waals surface area (Å²) in [5.74, 6) is -0.853. The van der Waals surface area contributed by atoms with Gasteiger partial charge in [-0.25, -0.2) is 14.3 Å². The third kappa shape index (κ3) is 3.03. The van der Waals surface area contributed by atoms with E-state index in [0.717, 1.165) is 11.4 Å². The molecule has 7 nitrogen and oxygen atoms in total. The molecule has 0 fully saturated rings. The van der Waals surface area contributed by atoms with E-state index >= 15 is 0 Å². The minimum absolute atomic E-state index is 0.246. The zero-order chi connectivity index (χ0) is 18.8. The second-order valence-corrected chi connectivity index (χ2v) is 6.03. The van der Waals surface area contributed by atoms with Crippen molar-refractivity contribution in [3.8, 4) is 0 Å². The van der Waals surface area contributed by atoms with E-state index in [0.29, 0.717) is 23.4 Å². The molecule has 0 bridgehead atoms. The molecule has 26 heavy (non-hydrogen) atoms. The smallest absolute Gasteiger partial charge is 0.344 e. The molecule has 7 heteroatoms. The fraction of sp³-hybridized carbons (Fsp3) is 0.263. The van der Waals surface area contributed by atoms with Gasteiger partial charge in [0.25, 0.3) is 0 Å². The van der Waals surface area contributed by atoms with Gasteiger partial charge in [-0.1, -0.05) is 6.08 Å². The van der Waals surface area contributed by atoms with Gasteiger partial charge < -0.3 is 9.30 Å². The van der Waals surface area contributed by atoms with Crippen LogP contribution >= 0.6 is 0 Å². The van der Waals surface area contributed by atoms with Gasteiger partial charge in [0.05, 0.1) is 5.69 Å². The molecule has 0 N–H and O–H groups in total. The number of esters is 1. The van der Waals surface area contributed by atoms with E-state index in [1.807, 2.05) is 18.4 Å². The minimum Gasteiger partial charge on any atom is -0.454 e. The molecular weight excluding hydrogens is 332 g/mol. The molecule has 0 radical (unpaired) electrons. The molecule has 3 aromatic heterocycles. The van der Waals surface area contributed by atoms with Crippen LogP contribution in [0.3, 0.4) is 0 Å². The average molecular weight is 352 g/mol. The SMILES string of the molecule is C=CCn1c(C)cc(C(=O)COC(=O)c2c(C)nn3cccnc23)c1C. The van der Waals surface area contributed by atoms with E-state index in [2.05, 4.69) is 16.7 Å². The van der Waals surface area contributed by atoms with E-state index in [4.69, 9.17) is 4.74 Å². The fourth-order valence-corrected chi connectivity index (χ4v) is 3.01. The van der Waals surface area contributed by atoms with Crippen LogP contribution in [0.2, 0.25) is 0 Å². The number of nitrogens with zero attached hydrogens (tertiary/aromatic N) is 4. The Morgan fingerprint density at radius 3 is 2.81 bits per heavy atom. The summed E-state index contributed by atoms with van der Waals surface area (Å²) in [6.45, 7) is 9.51. The van der Waals surface area contributed by atoms with Crippen LogP contribution < -0.4 is 0 Å². The van der Waals surface area contributed by atoms with Crippen LogP contribution in [0, 0.1) is 20.8 Å². The lowest BCUT2D eigenvalue weighted by molar-refractivity contribution is 0.0475. The number of fused-ring (bicyclic) bond motifs is 1. The van der Waals surface area contributed by atoms with Crippen molar-refractivity contribution in [2.45, 2.75) is 27.3 Å². The van der Waals surface area contributed by atoms with Gasteiger partial charge in [0.1, 0.15) is 5.56 Å². The Morgan fingerprint density at radius 2 is 2.08 bits per heavy atom. The highest BCUT2D eigenvalue weighted by molar-refractivity contribution is 6.02. The van der Waals surface area contributed by atoms with Crippen molar-refractivity contribution in [2.24, 2.45) is 0 Å². The monoisotopic (exact) mass is 352 g/mol. The van der Waals surface area contributed by atoms with Crippen molar-refractivity contribution >= 4 is 17.4 Å².